The molecule has 200 valence electrons. The zero-order chi connectivity index (χ0) is 27.1. The third kappa shape index (κ3) is 5.55. The van der Waals surface area contributed by atoms with E-state index in [4.69, 9.17) is 4.74 Å². The highest BCUT2D eigenvalue weighted by molar-refractivity contribution is 6.00. The average Bonchev–Trinajstić information content (AvgIpc) is 3.02. The first kappa shape index (κ1) is 26.4. The van der Waals surface area contributed by atoms with Gasteiger partial charge in [-0.3, -0.25) is 28.8 Å². The molecule has 0 spiro atoms. The molecule has 0 saturated carbocycles. The molecule has 0 radical (unpaired) electrons. The van der Waals surface area contributed by atoms with Crippen molar-refractivity contribution in [3.63, 3.8) is 0 Å². The van der Waals surface area contributed by atoms with Gasteiger partial charge in [-0.05, 0) is 69.6 Å². The quantitative estimate of drug-likeness (QED) is 0.584. The molecular weight excluding hydrogens is 480 g/mol. The molecule has 2 aromatic rings. The van der Waals surface area contributed by atoms with Crippen LogP contribution in [0.2, 0.25) is 0 Å². The molecule has 3 amide bonds. The van der Waals surface area contributed by atoms with Gasteiger partial charge in [-0.1, -0.05) is 6.07 Å². The molecule has 1 atom stereocenters. The second kappa shape index (κ2) is 9.68. The molecule has 2 N–H and O–H groups in total. The van der Waals surface area contributed by atoms with Gasteiger partial charge in [0.1, 0.15) is 11.6 Å². The van der Waals surface area contributed by atoms with E-state index in [2.05, 4.69) is 5.32 Å². The monoisotopic (exact) mass is 514 g/mol. The van der Waals surface area contributed by atoms with Gasteiger partial charge in [-0.25, -0.2) is 9.59 Å². The van der Waals surface area contributed by atoms with Crippen molar-refractivity contribution in [2.75, 3.05) is 13.1 Å². The van der Waals surface area contributed by atoms with Crippen molar-refractivity contribution in [2.45, 2.75) is 70.9 Å². The van der Waals surface area contributed by atoms with Crippen LogP contribution in [-0.2, 0) is 32.6 Å². The van der Waals surface area contributed by atoms with Gasteiger partial charge < -0.3 is 14.7 Å². The van der Waals surface area contributed by atoms with Crippen LogP contribution >= 0.6 is 0 Å². The summed E-state index contributed by atoms with van der Waals surface area (Å²) in [6.07, 6.45) is 1.46. The number of carbonyl (C=O) groups excluding carboxylic acids is 3. The van der Waals surface area contributed by atoms with E-state index < -0.39 is 35.0 Å². The summed E-state index contributed by atoms with van der Waals surface area (Å²) >= 11 is 0. The molecule has 2 aliphatic rings. The van der Waals surface area contributed by atoms with Gasteiger partial charge in [-0.15, -0.1) is 0 Å². The van der Waals surface area contributed by atoms with E-state index in [0.29, 0.717) is 43.4 Å². The van der Waals surface area contributed by atoms with Crippen LogP contribution < -0.4 is 11.0 Å². The molecule has 37 heavy (non-hydrogen) atoms. The number of aromatic nitrogens is 2. The van der Waals surface area contributed by atoms with Crippen molar-refractivity contribution in [1.29, 1.82) is 0 Å². The van der Waals surface area contributed by atoms with E-state index in [-0.39, 0.29) is 30.9 Å². The number of likely N-dealkylation sites (tertiary alicyclic amines) is 1. The first-order valence-electron chi connectivity index (χ1n) is 12.5. The molecule has 11 heteroatoms. The number of ether oxygens (including phenoxy) is 1. The van der Waals surface area contributed by atoms with E-state index in [9.17, 15) is 29.1 Å². The highest BCUT2D eigenvalue weighted by Gasteiger charge is 2.39. The molecule has 1 unspecified atom stereocenters. The fourth-order valence-corrected chi connectivity index (χ4v) is 5.41. The number of aryl methyl sites for hydroxylation is 1. The Morgan fingerprint density at radius 3 is 2.41 bits per heavy atom. The van der Waals surface area contributed by atoms with Crippen LogP contribution in [0.4, 0.5) is 4.79 Å². The Bertz CT molecular complexity index is 1310. The Kier molecular flexibility index (Phi) is 6.91. The molecule has 3 heterocycles. The lowest BCUT2D eigenvalue weighted by Crippen LogP contribution is -2.46. The third-order valence-electron chi connectivity index (χ3n) is 7.26. The second-order valence-electron chi connectivity index (χ2n) is 11.2. The zero-order valence-electron chi connectivity index (χ0n) is 21.7. The van der Waals surface area contributed by atoms with Crippen LogP contribution in [0.15, 0.2) is 23.0 Å². The molecule has 2 saturated heterocycles. The van der Waals surface area contributed by atoms with Crippen molar-refractivity contribution in [1.82, 2.24) is 19.4 Å². The lowest BCUT2D eigenvalue weighted by molar-refractivity contribution is -0.140. The summed E-state index contributed by atoms with van der Waals surface area (Å²) in [7, 11) is 1.63. The standard InChI is InChI=1S/C26H34N4O7/c1-25(2,3)37-24(36)29-11-9-26(10-12-29,15-21(32)33)14-16-5-6-17-19(13-16)28(4)23(35)30(17)18-7-8-20(31)27-22(18)34/h5-6,13,18H,7-12,14-15H2,1-4H3,(H,32,33)(H,27,31,34). The fraction of sp³-hybridized carbons (Fsp3) is 0.577. The summed E-state index contributed by atoms with van der Waals surface area (Å²) in [5.74, 6) is -1.74. The van der Waals surface area contributed by atoms with Gasteiger partial charge >= 0.3 is 17.8 Å². The highest BCUT2D eigenvalue weighted by Crippen LogP contribution is 2.39. The van der Waals surface area contributed by atoms with Gasteiger partial charge in [-0.2, -0.15) is 0 Å². The normalized spacial score (nSPS) is 20.1. The number of carbonyl (C=O) groups is 4. The highest BCUT2D eigenvalue weighted by atomic mass is 16.6. The lowest BCUT2D eigenvalue weighted by Gasteiger charge is -2.41. The van der Waals surface area contributed by atoms with Gasteiger partial charge in [0.2, 0.25) is 11.8 Å². The Labute approximate surface area is 214 Å². The SMILES string of the molecule is Cn1c(=O)n(C2CCC(=O)NC2=O)c2ccc(CC3(CC(=O)O)CCN(C(=O)OC(C)(C)C)CC3)cc21. The Morgan fingerprint density at radius 2 is 1.81 bits per heavy atom. The first-order chi connectivity index (χ1) is 17.3. The number of amides is 3. The predicted octanol–water partition coefficient (Wildman–Crippen LogP) is 2.35. The van der Waals surface area contributed by atoms with Crippen LogP contribution in [0.5, 0.6) is 0 Å². The van der Waals surface area contributed by atoms with E-state index in [1.807, 2.05) is 12.1 Å². The maximum atomic E-state index is 13.1. The maximum Gasteiger partial charge on any atom is 0.410 e. The molecule has 2 fully saturated rings. The molecule has 11 nitrogen and oxygen atoms in total. The number of carboxylic acid groups (broad SMARTS) is 1. The van der Waals surface area contributed by atoms with Crippen LogP contribution in [-0.4, -0.2) is 61.7 Å². The lowest BCUT2D eigenvalue weighted by atomic mass is 9.71. The number of rotatable bonds is 5. The minimum Gasteiger partial charge on any atom is -0.481 e. The van der Waals surface area contributed by atoms with Gasteiger partial charge in [0.15, 0.2) is 0 Å². The Morgan fingerprint density at radius 1 is 1.14 bits per heavy atom. The van der Waals surface area contributed by atoms with Crippen molar-refractivity contribution < 1.29 is 29.0 Å². The number of benzene rings is 1. The fourth-order valence-electron chi connectivity index (χ4n) is 5.41. The molecule has 1 aromatic heterocycles. The summed E-state index contributed by atoms with van der Waals surface area (Å²) < 4.78 is 8.37. The van der Waals surface area contributed by atoms with E-state index in [0.717, 1.165) is 5.56 Å². The maximum absolute atomic E-state index is 13.1. The third-order valence-corrected chi connectivity index (χ3v) is 7.26. The minimum atomic E-state index is -0.900. The molecule has 4 rings (SSSR count). The minimum absolute atomic E-state index is 0.0383. The van der Waals surface area contributed by atoms with Gasteiger partial charge in [0.25, 0.3) is 0 Å². The first-order valence-corrected chi connectivity index (χ1v) is 12.5. The Hall–Kier alpha value is -3.63. The topological polar surface area (TPSA) is 140 Å². The van der Waals surface area contributed by atoms with Crippen LogP contribution in [0, 0.1) is 5.41 Å². The number of fused-ring (bicyclic) bond motifs is 1. The van der Waals surface area contributed by atoms with Crippen LogP contribution in [0.1, 0.15) is 64.5 Å². The number of imidazole rings is 1. The number of imide groups is 1. The summed E-state index contributed by atoms with van der Waals surface area (Å²) in [6.45, 7) is 6.21. The van der Waals surface area contributed by atoms with Crippen LogP contribution in [0.3, 0.4) is 0 Å². The summed E-state index contributed by atoms with van der Waals surface area (Å²) in [6, 6.07) is 4.73. The average molecular weight is 515 g/mol. The van der Waals surface area contributed by atoms with Crippen molar-refractivity contribution in [3.8, 4) is 0 Å². The van der Waals surface area contributed by atoms with Crippen LogP contribution in [0.25, 0.3) is 11.0 Å². The summed E-state index contributed by atoms with van der Waals surface area (Å²) in [4.78, 5) is 63.0. The van der Waals surface area contributed by atoms with E-state index >= 15 is 0 Å². The summed E-state index contributed by atoms with van der Waals surface area (Å²) in [5, 5.41) is 12.0. The van der Waals surface area contributed by atoms with E-state index in [1.54, 1.807) is 38.8 Å². The Balaban J connectivity index is 1.59. The van der Waals surface area contributed by atoms with E-state index in [1.165, 1.54) is 9.13 Å². The number of hydrogen-bond acceptors (Lipinski definition) is 6. The largest absolute Gasteiger partial charge is 0.481 e. The molecule has 0 aliphatic carbocycles. The number of piperidine rings is 2. The number of carboxylic acids is 1. The number of nitrogens with one attached hydrogen (secondary N) is 1. The van der Waals surface area contributed by atoms with Gasteiger partial charge in [0.05, 0.1) is 17.5 Å². The molecule has 1 aromatic carbocycles. The number of nitrogens with zero attached hydrogens (tertiary/aromatic N) is 3. The molecule has 2 aliphatic heterocycles. The molecular formula is C26H34N4O7. The van der Waals surface area contributed by atoms with Crippen molar-refractivity contribution in [3.05, 3.63) is 34.2 Å². The smallest absolute Gasteiger partial charge is 0.410 e. The summed E-state index contributed by atoms with van der Waals surface area (Å²) in [5.41, 5.74) is 0.565. The van der Waals surface area contributed by atoms with Gasteiger partial charge in [0, 0.05) is 26.6 Å². The molecule has 0 bridgehead atoms. The predicted molar refractivity (Wildman–Crippen MR) is 134 cm³/mol. The second-order valence-corrected chi connectivity index (χ2v) is 11.2. The van der Waals surface area contributed by atoms with Crippen molar-refractivity contribution in [2.24, 2.45) is 12.5 Å². The number of aliphatic carboxylic acids is 1. The van der Waals surface area contributed by atoms with Crippen molar-refractivity contribution >= 4 is 34.9 Å². The number of hydrogen-bond donors (Lipinski definition) is 2. The zero-order valence-corrected chi connectivity index (χ0v) is 21.7.